The predicted octanol–water partition coefficient (Wildman–Crippen LogP) is 4.99. The van der Waals surface area contributed by atoms with Crippen molar-refractivity contribution in [1.29, 1.82) is 0 Å². The van der Waals surface area contributed by atoms with E-state index in [0.717, 1.165) is 18.3 Å². The Morgan fingerprint density at radius 2 is 2.22 bits per heavy atom. The van der Waals surface area contributed by atoms with Crippen LogP contribution in [0.5, 0.6) is 0 Å². The van der Waals surface area contributed by atoms with Crippen LogP contribution in [-0.2, 0) is 6.42 Å². The number of hydrogen-bond acceptors (Lipinski definition) is 2. The summed E-state index contributed by atoms with van der Waals surface area (Å²) in [6, 6.07) is 2.23. The van der Waals surface area contributed by atoms with E-state index in [4.69, 9.17) is 5.73 Å². The van der Waals surface area contributed by atoms with Crippen LogP contribution in [-0.4, -0.2) is 5.54 Å². The molecule has 1 nitrogen and oxygen atoms in total. The lowest BCUT2D eigenvalue weighted by Gasteiger charge is -2.28. The topological polar surface area (TPSA) is 26.0 Å². The van der Waals surface area contributed by atoms with E-state index in [-0.39, 0.29) is 5.54 Å². The molecule has 1 fully saturated rings. The van der Waals surface area contributed by atoms with Gasteiger partial charge in [0.25, 0.3) is 0 Å². The summed E-state index contributed by atoms with van der Waals surface area (Å²) in [4.78, 5) is 1.42. The van der Waals surface area contributed by atoms with Gasteiger partial charge in [0.2, 0.25) is 0 Å². The fourth-order valence-corrected chi connectivity index (χ4v) is 4.70. The third-order valence-corrected chi connectivity index (χ3v) is 6.05. The molecule has 1 saturated carbocycles. The minimum absolute atomic E-state index is 0.0356. The fourth-order valence-electron chi connectivity index (χ4n) is 3.10. The van der Waals surface area contributed by atoms with Crippen molar-refractivity contribution in [2.75, 3.05) is 0 Å². The average molecular weight is 330 g/mol. The summed E-state index contributed by atoms with van der Waals surface area (Å²) in [5.41, 5.74) is 6.69. The molecule has 0 radical (unpaired) electrons. The number of hydrogen-bond donors (Lipinski definition) is 1. The van der Waals surface area contributed by atoms with Gasteiger partial charge >= 0.3 is 0 Å². The maximum Gasteiger partial charge on any atom is 0.0285 e. The highest BCUT2D eigenvalue weighted by molar-refractivity contribution is 9.10. The Balaban J connectivity index is 1.98. The molecule has 2 N–H and O–H groups in total. The maximum atomic E-state index is 6.65. The second-order valence-electron chi connectivity index (χ2n) is 6.21. The Hall–Kier alpha value is 0.140. The first kappa shape index (κ1) is 14.5. The summed E-state index contributed by atoms with van der Waals surface area (Å²) in [5.74, 6) is 1.69. The third-order valence-electron chi connectivity index (χ3n) is 4.35. The molecule has 102 valence electrons. The van der Waals surface area contributed by atoms with Crippen LogP contribution in [0.4, 0.5) is 0 Å². The molecule has 0 aromatic carbocycles. The summed E-state index contributed by atoms with van der Waals surface area (Å²) in [7, 11) is 0. The maximum absolute atomic E-state index is 6.65. The highest BCUT2D eigenvalue weighted by atomic mass is 79.9. The zero-order chi connectivity index (χ0) is 13.2. The van der Waals surface area contributed by atoms with Crippen LogP contribution in [0.1, 0.15) is 50.8 Å². The van der Waals surface area contributed by atoms with Crippen molar-refractivity contribution in [3.63, 3.8) is 0 Å². The highest BCUT2D eigenvalue weighted by Crippen LogP contribution is 2.35. The molecule has 0 saturated heterocycles. The second kappa shape index (κ2) is 6.06. The van der Waals surface area contributed by atoms with Crippen molar-refractivity contribution in [3.05, 3.63) is 20.8 Å². The van der Waals surface area contributed by atoms with Crippen LogP contribution in [0.25, 0.3) is 0 Å². The van der Waals surface area contributed by atoms with Gasteiger partial charge < -0.3 is 5.73 Å². The van der Waals surface area contributed by atoms with Crippen LogP contribution >= 0.6 is 27.3 Å². The van der Waals surface area contributed by atoms with Gasteiger partial charge in [-0.05, 0) is 59.5 Å². The van der Waals surface area contributed by atoms with E-state index in [9.17, 15) is 0 Å². The zero-order valence-electron chi connectivity index (χ0n) is 11.4. The lowest BCUT2D eigenvalue weighted by Crippen LogP contribution is -2.41. The third kappa shape index (κ3) is 3.82. The quantitative estimate of drug-likeness (QED) is 0.777. The number of thiophene rings is 1. The monoisotopic (exact) mass is 329 g/mol. The summed E-state index contributed by atoms with van der Waals surface area (Å²) >= 11 is 5.36. The Morgan fingerprint density at radius 1 is 1.44 bits per heavy atom. The van der Waals surface area contributed by atoms with Gasteiger partial charge in [-0.2, -0.15) is 0 Å². The molecule has 0 bridgehead atoms. The number of rotatable bonds is 3. The molecular formula is C15H24BrNS. The lowest BCUT2D eigenvalue weighted by molar-refractivity contribution is 0.322. The van der Waals surface area contributed by atoms with E-state index in [1.165, 1.54) is 41.5 Å². The zero-order valence-corrected chi connectivity index (χ0v) is 13.8. The van der Waals surface area contributed by atoms with Crippen molar-refractivity contribution in [1.82, 2.24) is 0 Å². The molecule has 18 heavy (non-hydrogen) atoms. The van der Waals surface area contributed by atoms with Crippen molar-refractivity contribution < 1.29 is 0 Å². The minimum Gasteiger partial charge on any atom is -0.325 e. The first-order valence-corrected chi connectivity index (χ1v) is 8.67. The average Bonchev–Trinajstić information content (AvgIpc) is 2.58. The molecular weight excluding hydrogens is 306 g/mol. The SMILES string of the molecule is CC(C)C1CCCC(N)(Cc2cc(Br)cs2)CC1. The molecule has 0 spiro atoms. The van der Waals surface area contributed by atoms with Crippen LogP contribution in [0.2, 0.25) is 0 Å². The summed E-state index contributed by atoms with van der Waals surface area (Å²) in [6.45, 7) is 4.70. The van der Waals surface area contributed by atoms with Crippen molar-refractivity contribution in [2.24, 2.45) is 17.6 Å². The normalized spacial score (nSPS) is 29.5. The summed E-state index contributed by atoms with van der Waals surface area (Å²) in [6.07, 6.45) is 7.39. The summed E-state index contributed by atoms with van der Waals surface area (Å²) < 4.78 is 1.19. The molecule has 1 heterocycles. The van der Waals surface area contributed by atoms with Gasteiger partial charge in [-0.1, -0.05) is 26.7 Å². The van der Waals surface area contributed by atoms with Crippen LogP contribution < -0.4 is 5.73 Å². The van der Waals surface area contributed by atoms with Gasteiger partial charge in [-0.3, -0.25) is 0 Å². The molecule has 0 amide bonds. The van der Waals surface area contributed by atoms with Crippen LogP contribution in [0.3, 0.4) is 0 Å². The first-order chi connectivity index (χ1) is 8.48. The van der Waals surface area contributed by atoms with E-state index in [2.05, 4.69) is 41.2 Å². The van der Waals surface area contributed by atoms with E-state index in [1.807, 2.05) is 11.3 Å². The van der Waals surface area contributed by atoms with Crippen molar-refractivity contribution >= 4 is 27.3 Å². The van der Waals surface area contributed by atoms with E-state index in [1.54, 1.807) is 0 Å². The smallest absolute Gasteiger partial charge is 0.0285 e. The second-order valence-corrected chi connectivity index (χ2v) is 8.12. The van der Waals surface area contributed by atoms with Gasteiger partial charge in [0.15, 0.2) is 0 Å². The largest absolute Gasteiger partial charge is 0.325 e. The Morgan fingerprint density at radius 3 is 2.83 bits per heavy atom. The molecule has 2 rings (SSSR count). The highest BCUT2D eigenvalue weighted by Gasteiger charge is 2.30. The van der Waals surface area contributed by atoms with Crippen LogP contribution in [0, 0.1) is 11.8 Å². The van der Waals surface area contributed by atoms with E-state index < -0.39 is 0 Å². The molecule has 0 aliphatic heterocycles. The van der Waals surface area contributed by atoms with Gasteiger partial charge in [0.1, 0.15) is 0 Å². The fraction of sp³-hybridized carbons (Fsp3) is 0.733. The lowest BCUT2D eigenvalue weighted by atomic mass is 9.85. The van der Waals surface area contributed by atoms with E-state index >= 15 is 0 Å². The van der Waals surface area contributed by atoms with Gasteiger partial charge in [0, 0.05) is 20.3 Å². The van der Waals surface area contributed by atoms with Crippen molar-refractivity contribution in [2.45, 2.75) is 57.9 Å². The molecule has 1 aromatic heterocycles. The predicted molar refractivity (Wildman–Crippen MR) is 84.1 cm³/mol. The first-order valence-electron chi connectivity index (χ1n) is 7.00. The Bertz CT molecular complexity index is 388. The molecule has 1 aliphatic rings. The molecule has 1 aliphatic carbocycles. The van der Waals surface area contributed by atoms with Gasteiger partial charge in [-0.25, -0.2) is 0 Å². The molecule has 2 atom stereocenters. The van der Waals surface area contributed by atoms with Crippen LogP contribution in [0.15, 0.2) is 15.9 Å². The minimum atomic E-state index is 0.0356. The van der Waals surface area contributed by atoms with Crippen molar-refractivity contribution in [3.8, 4) is 0 Å². The van der Waals surface area contributed by atoms with E-state index in [0.29, 0.717) is 0 Å². The molecule has 2 unspecified atom stereocenters. The molecule has 1 aromatic rings. The summed E-state index contributed by atoms with van der Waals surface area (Å²) in [5, 5.41) is 2.16. The van der Waals surface area contributed by atoms with Gasteiger partial charge in [-0.15, -0.1) is 11.3 Å². The molecule has 3 heteroatoms. The van der Waals surface area contributed by atoms with Gasteiger partial charge in [0.05, 0.1) is 0 Å². The Labute approximate surface area is 123 Å². The standard InChI is InChI=1S/C15H24BrNS/c1-11(2)12-4-3-6-15(17,7-5-12)9-14-8-13(16)10-18-14/h8,10-12H,3-7,9,17H2,1-2H3. The number of halogens is 1. The Kier molecular flexibility index (Phi) is 4.90. The number of nitrogens with two attached hydrogens (primary N) is 1.